The molecule has 0 radical (unpaired) electrons. The molecule has 4 heterocycles. The van der Waals surface area contributed by atoms with E-state index in [0.29, 0.717) is 12.0 Å². The lowest BCUT2D eigenvalue weighted by molar-refractivity contribution is -0.0541. The predicted octanol–water partition coefficient (Wildman–Crippen LogP) is 2.07. The highest BCUT2D eigenvalue weighted by molar-refractivity contribution is 5.46. The highest BCUT2D eigenvalue weighted by Crippen LogP contribution is 2.48. The fourth-order valence-corrected chi connectivity index (χ4v) is 5.77. The summed E-state index contributed by atoms with van der Waals surface area (Å²) < 4.78 is 13.4. The molecule has 2 aromatic rings. The molecular formula is C21H31N5O2. The van der Waals surface area contributed by atoms with Crippen molar-refractivity contribution in [3.63, 3.8) is 0 Å². The molecule has 2 aliphatic heterocycles. The Hall–Kier alpha value is -1.70. The van der Waals surface area contributed by atoms with Crippen LogP contribution in [-0.2, 0) is 9.47 Å². The third kappa shape index (κ3) is 3.19. The third-order valence-corrected chi connectivity index (χ3v) is 7.22. The Morgan fingerprint density at radius 3 is 2.93 bits per heavy atom. The second-order valence-corrected chi connectivity index (χ2v) is 8.71. The summed E-state index contributed by atoms with van der Waals surface area (Å²) in [5, 5.41) is 8.87. The second-order valence-electron chi connectivity index (χ2n) is 8.71. The number of piperidine rings is 1. The van der Waals surface area contributed by atoms with Crippen LogP contribution in [0.25, 0.3) is 5.65 Å². The Bertz CT molecular complexity index is 805. The van der Waals surface area contributed by atoms with Crippen molar-refractivity contribution in [2.24, 2.45) is 11.3 Å². The Morgan fingerprint density at radius 2 is 2.07 bits per heavy atom. The molecule has 0 unspecified atom stereocenters. The smallest absolute Gasteiger partial charge is 0.231 e. The molecule has 0 spiro atoms. The minimum absolute atomic E-state index is 0.219. The fourth-order valence-electron chi connectivity index (χ4n) is 5.77. The standard InChI is InChI=1S/C21H31N5O2/c1-27-16-21-7-5-18(24-10-12-28-13-11-24)14-17(21)6-9-25(15-21)20-23-22-19-4-2-3-8-26(19)20/h2-4,8,17-18H,5-7,9-16H2,1H3/t17-,18-,21+/m1/s1. The van der Waals surface area contributed by atoms with Crippen LogP contribution in [-0.4, -0.2) is 78.6 Å². The van der Waals surface area contributed by atoms with E-state index in [4.69, 9.17) is 9.47 Å². The number of fused-ring (bicyclic) bond motifs is 2. The average molecular weight is 386 g/mol. The maximum absolute atomic E-state index is 5.77. The van der Waals surface area contributed by atoms with Gasteiger partial charge in [-0.25, -0.2) is 0 Å². The van der Waals surface area contributed by atoms with Crippen LogP contribution in [0, 0.1) is 11.3 Å². The van der Waals surface area contributed by atoms with Crippen molar-refractivity contribution < 1.29 is 9.47 Å². The molecule has 7 nitrogen and oxygen atoms in total. The molecule has 0 aromatic carbocycles. The van der Waals surface area contributed by atoms with E-state index in [1.165, 1.54) is 25.7 Å². The third-order valence-electron chi connectivity index (χ3n) is 7.22. The minimum Gasteiger partial charge on any atom is -0.384 e. The van der Waals surface area contributed by atoms with Crippen LogP contribution in [0.5, 0.6) is 0 Å². The van der Waals surface area contributed by atoms with Gasteiger partial charge in [-0.05, 0) is 43.7 Å². The molecule has 0 amide bonds. The van der Waals surface area contributed by atoms with Gasteiger partial charge in [0.25, 0.3) is 0 Å². The number of ether oxygens (including phenoxy) is 2. The first-order chi connectivity index (χ1) is 13.8. The monoisotopic (exact) mass is 385 g/mol. The summed E-state index contributed by atoms with van der Waals surface area (Å²) in [5.74, 6) is 1.68. The number of morpholine rings is 1. The fraction of sp³-hybridized carbons (Fsp3) is 0.714. The molecule has 3 aliphatic rings. The van der Waals surface area contributed by atoms with E-state index in [-0.39, 0.29) is 5.41 Å². The predicted molar refractivity (Wildman–Crippen MR) is 108 cm³/mol. The van der Waals surface area contributed by atoms with Crippen LogP contribution >= 0.6 is 0 Å². The number of rotatable bonds is 4. The van der Waals surface area contributed by atoms with Gasteiger partial charge in [0, 0.05) is 50.9 Å². The van der Waals surface area contributed by atoms with Crippen LogP contribution in [0.4, 0.5) is 5.95 Å². The van der Waals surface area contributed by atoms with Crippen molar-refractivity contribution in [3.05, 3.63) is 24.4 Å². The van der Waals surface area contributed by atoms with Crippen molar-refractivity contribution in [3.8, 4) is 0 Å². The summed E-state index contributed by atoms with van der Waals surface area (Å²) in [6.07, 6.45) is 7.04. The van der Waals surface area contributed by atoms with Gasteiger partial charge in [-0.3, -0.25) is 9.30 Å². The van der Waals surface area contributed by atoms with Gasteiger partial charge in [0.05, 0.1) is 19.8 Å². The van der Waals surface area contributed by atoms with Gasteiger partial charge in [-0.1, -0.05) is 6.07 Å². The molecule has 0 N–H and O–H groups in total. The summed E-state index contributed by atoms with van der Waals surface area (Å²) >= 11 is 0. The SMILES string of the molecule is COC[C@@]12CC[C@@H](N3CCOCC3)C[C@H]1CCN(c1nnc3ccccn13)C2. The Balaban J connectivity index is 1.36. The van der Waals surface area contributed by atoms with Gasteiger partial charge in [0.15, 0.2) is 5.65 Å². The molecule has 3 atom stereocenters. The summed E-state index contributed by atoms with van der Waals surface area (Å²) in [7, 11) is 1.85. The van der Waals surface area contributed by atoms with E-state index in [1.54, 1.807) is 0 Å². The molecule has 1 aliphatic carbocycles. The van der Waals surface area contributed by atoms with Crippen LogP contribution < -0.4 is 4.90 Å². The van der Waals surface area contributed by atoms with E-state index < -0.39 is 0 Å². The maximum Gasteiger partial charge on any atom is 0.231 e. The molecule has 28 heavy (non-hydrogen) atoms. The number of nitrogens with zero attached hydrogens (tertiary/aromatic N) is 5. The van der Waals surface area contributed by atoms with Crippen LogP contribution in [0.15, 0.2) is 24.4 Å². The van der Waals surface area contributed by atoms with E-state index in [0.717, 1.165) is 57.6 Å². The zero-order chi connectivity index (χ0) is 19.0. The number of hydrogen-bond acceptors (Lipinski definition) is 6. The van der Waals surface area contributed by atoms with Gasteiger partial charge in [-0.2, -0.15) is 0 Å². The molecule has 1 saturated carbocycles. The Morgan fingerprint density at radius 1 is 1.18 bits per heavy atom. The normalized spacial score (nSPS) is 31.8. The molecule has 3 fully saturated rings. The van der Waals surface area contributed by atoms with Crippen LogP contribution in [0.3, 0.4) is 0 Å². The summed E-state index contributed by atoms with van der Waals surface area (Å²) in [6.45, 7) is 6.84. The number of hydrogen-bond donors (Lipinski definition) is 0. The molecule has 152 valence electrons. The second kappa shape index (κ2) is 7.61. The van der Waals surface area contributed by atoms with Gasteiger partial charge >= 0.3 is 0 Å². The molecule has 5 rings (SSSR count). The number of pyridine rings is 1. The van der Waals surface area contributed by atoms with Crippen molar-refractivity contribution in [2.45, 2.75) is 31.7 Å². The quantitative estimate of drug-likeness (QED) is 0.803. The average Bonchev–Trinajstić information content (AvgIpc) is 3.18. The lowest BCUT2D eigenvalue weighted by atomic mass is 9.62. The summed E-state index contributed by atoms with van der Waals surface area (Å²) in [5.41, 5.74) is 1.13. The van der Waals surface area contributed by atoms with E-state index in [2.05, 4.69) is 30.6 Å². The van der Waals surface area contributed by atoms with Gasteiger partial charge < -0.3 is 14.4 Å². The number of anilines is 1. The topological polar surface area (TPSA) is 55.1 Å². The van der Waals surface area contributed by atoms with Crippen molar-refractivity contribution >= 4 is 11.6 Å². The van der Waals surface area contributed by atoms with Gasteiger partial charge in [0.2, 0.25) is 5.95 Å². The van der Waals surface area contributed by atoms with E-state index in [9.17, 15) is 0 Å². The van der Waals surface area contributed by atoms with Gasteiger partial charge in [-0.15, -0.1) is 10.2 Å². The first kappa shape index (κ1) is 18.3. The number of methoxy groups -OCH3 is 1. The zero-order valence-electron chi connectivity index (χ0n) is 16.8. The largest absolute Gasteiger partial charge is 0.384 e. The lowest BCUT2D eigenvalue weighted by Gasteiger charge is -2.54. The molecule has 7 heteroatoms. The highest BCUT2D eigenvalue weighted by atomic mass is 16.5. The van der Waals surface area contributed by atoms with Gasteiger partial charge in [0.1, 0.15) is 0 Å². The van der Waals surface area contributed by atoms with Crippen LogP contribution in [0.2, 0.25) is 0 Å². The first-order valence-corrected chi connectivity index (χ1v) is 10.6. The van der Waals surface area contributed by atoms with Crippen molar-refractivity contribution in [2.75, 3.05) is 58.0 Å². The van der Waals surface area contributed by atoms with Crippen molar-refractivity contribution in [1.82, 2.24) is 19.5 Å². The maximum atomic E-state index is 5.77. The Kier molecular flexibility index (Phi) is 4.99. The Labute approximate surface area is 166 Å². The highest BCUT2D eigenvalue weighted by Gasteiger charge is 2.48. The molecular weight excluding hydrogens is 354 g/mol. The lowest BCUT2D eigenvalue weighted by Crippen LogP contribution is -2.57. The van der Waals surface area contributed by atoms with E-state index >= 15 is 0 Å². The van der Waals surface area contributed by atoms with E-state index in [1.807, 2.05) is 25.3 Å². The summed E-state index contributed by atoms with van der Waals surface area (Å²) in [6, 6.07) is 6.78. The molecule has 0 bridgehead atoms. The van der Waals surface area contributed by atoms with Crippen molar-refractivity contribution in [1.29, 1.82) is 0 Å². The summed E-state index contributed by atoms with van der Waals surface area (Å²) in [4.78, 5) is 5.10. The minimum atomic E-state index is 0.219. The zero-order valence-corrected chi connectivity index (χ0v) is 16.8. The number of aromatic nitrogens is 3. The molecule has 2 saturated heterocycles. The first-order valence-electron chi connectivity index (χ1n) is 10.6. The van der Waals surface area contributed by atoms with Crippen LogP contribution in [0.1, 0.15) is 25.7 Å². The molecule has 2 aromatic heterocycles.